The first-order valence-electron chi connectivity index (χ1n) is 26.1. The minimum absolute atomic E-state index is 0.0860. The summed E-state index contributed by atoms with van der Waals surface area (Å²) in [5, 5.41) is 0. The van der Waals surface area contributed by atoms with Crippen molar-refractivity contribution in [3.8, 4) is 0 Å². The highest BCUT2D eigenvalue weighted by atomic mass is 16.6. The summed E-state index contributed by atoms with van der Waals surface area (Å²) in [7, 11) is 0. The second-order valence-corrected chi connectivity index (χ2v) is 17.4. The fourth-order valence-corrected chi connectivity index (χ4v) is 7.43. The molecule has 0 aliphatic carbocycles. The summed E-state index contributed by atoms with van der Waals surface area (Å²) in [4.78, 5) is 37.9. The van der Waals surface area contributed by atoms with Crippen molar-refractivity contribution >= 4 is 17.9 Å². The van der Waals surface area contributed by atoms with Crippen molar-refractivity contribution < 1.29 is 28.6 Å². The quantitative estimate of drug-likeness (QED) is 0.0263. The Morgan fingerprint density at radius 2 is 0.639 bits per heavy atom. The molecule has 354 valence electrons. The highest BCUT2D eigenvalue weighted by molar-refractivity contribution is 5.71. The van der Waals surface area contributed by atoms with Crippen LogP contribution >= 0.6 is 0 Å². The zero-order chi connectivity index (χ0) is 44.4. The number of carbonyl (C=O) groups is 3. The SMILES string of the molecule is CC/C=C\C/C=C\C/C=C\C/C=C\CCCCC(=O)OC(COC(=O)CCCCCCCCCCCCCC)COC(=O)CCCCCCCCCCCCCCCCCC. The summed E-state index contributed by atoms with van der Waals surface area (Å²) in [5.74, 6) is -0.918. The van der Waals surface area contributed by atoms with E-state index in [1.165, 1.54) is 141 Å². The molecule has 0 aromatic carbocycles. The number of esters is 3. The van der Waals surface area contributed by atoms with Crippen molar-refractivity contribution in [3.05, 3.63) is 48.6 Å². The largest absolute Gasteiger partial charge is 0.462 e. The van der Waals surface area contributed by atoms with Gasteiger partial charge in [0.25, 0.3) is 0 Å². The Labute approximate surface area is 378 Å². The molecule has 0 fully saturated rings. The molecule has 0 aromatic rings. The molecule has 0 amide bonds. The molecule has 6 nitrogen and oxygen atoms in total. The number of carbonyl (C=O) groups excluding carboxylic acids is 3. The highest BCUT2D eigenvalue weighted by Crippen LogP contribution is 2.16. The Balaban J connectivity index is 4.40. The van der Waals surface area contributed by atoms with Crippen molar-refractivity contribution in [1.29, 1.82) is 0 Å². The first kappa shape index (κ1) is 58.4. The molecule has 1 atom stereocenters. The topological polar surface area (TPSA) is 78.9 Å². The van der Waals surface area contributed by atoms with Crippen molar-refractivity contribution in [1.82, 2.24) is 0 Å². The lowest BCUT2D eigenvalue weighted by Crippen LogP contribution is -2.30. The predicted molar refractivity (Wildman–Crippen MR) is 261 cm³/mol. The van der Waals surface area contributed by atoms with E-state index in [0.29, 0.717) is 19.3 Å². The molecule has 0 aliphatic rings. The normalized spacial score (nSPS) is 12.4. The fourth-order valence-electron chi connectivity index (χ4n) is 7.43. The van der Waals surface area contributed by atoms with Crippen molar-refractivity contribution in [3.63, 3.8) is 0 Å². The van der Waals surface area contributed by atoms with E-state index in [1.54, 1.807) is 0 Å². The van der Waals surface area contributed by atoms with Crippen LogP contribution in [0.4, 0.5) is 0 Å². The second-order valence-electron chi connectivity index (χ2n) is 17.4. The standard InChI is InChI=1S/C55H98O6/c1-4-7-10-13-16-19-22-25-27-29-30-33-36-39-42-45-48-54(57)60-51-52(50-59-53(56)47-44-41-38-35-32-24-21-18-15-12-9-6-3)61-55(58)49-46-43-40-37-34-31-28-26-23-20-17-14-11-8-5-2/h8,11,17,20,26,28,34,37,52H,4-7,9-10,12-16,18-19,21-25,27,29-33,35-36,38-51H2,1-3H3/b11-8-,20-17-,28-26-,37-34-. The average molecular weight is 855 g/mol. The van der Waals surface area contributed by atoms with Gasteiger partial charge in [0, 0.05) is 19.3 Å². The van der Waals surface area contributed by atoms with Gasteiger partial charge in [-0.25, -0.2) is 0 Å². The molecule has 0 radical (unpaired) electrons. The van der Waals surface area contributed by atoms with Crippen molar-refractivity contribution in [2.24, 2.45) is 0 Å². The van der Waals surface area contributed by atoms with Gasteiger partial charge in [-0.3, -0.25) is 14.4 Å². The van der Waals surface area contributed by atoms with Crippen LogP contribution in [-0.4, -0.2) is 37.2 Å². The van der Waals surface area contributed by atoms with Crippen molar-refractivity contribution in [2.45, 2.75) is 271 Å². The van der Waals surface area contributed by atoms with Crippen LogP contribution in [0.25, 0.3) is 0 Å². The summed E-state index contributed by atoms with van der Waals surface area (Å²) < 4.78 is 16.8. The lowest BCUT2D eigenvalue weighted by atomic mass is 10.0. The molecular formula is C55H98O6. The summed E-state index contributed by atoms with van der Waals surface area (Å²) in [5.41, 5.74) is 0. The maximum absolute atomic E-state index is 12.8. The van der Waals surface area contributed by atoms with E-state index >= 15 is 0 Å². The van der Waals surface area contributed by atoms with Crippen LogP contribution in [0.15, 0.2) is 48.6 Å². The van der Waals surface area contributed by atoms with Gasteiger partial charge in [-0.2, -0.15) is 0 Å². The molecule has 61 heavy (non-hydrogen) atoms. The van der Waals surface area contributed by atoms with Crippen LogP contribution in [0.2, 0.25) is 0 Å². The number of rotatable bonds is 47. The molecule has 1 unspecified atom stereocenters. The molecule has 0 spiro atoms. The summed E-state index contributed by atoms with van der Waals surface area (Å²) in [6, 6.07) is 0. The molecular weight excluding hydrogens is 757 g/mol. The minimum atomic E-state index is -0.789. The van der Waals surface area contributed by atoms with Gasteiger partial charge < -0.3 is 14.2 Å². The maximum atomic E-state index is 12.8. The second kappa shape index (κ2) is 50.0. The maximum Gasteiger partial charge on any atom is 0.306 e. The third kappa shape index (κ3) is 48.3. The number of hydrogen-bond donors (Lipinski definition) is 0. The summed E-state index contributed by atoms with van der Waals surface area (Å²) in [6.45, 7) is 6.51. The molecule has 0 saturated heterocycles. The Hall–Kier alpha value is -2.63. The van der Waals surface area contributed by atoms with Gasteiger partial charge in [-0.1, -0.05) is 236 Å². The number of allylic oxidation sites excluding steroid dienone is 8. The van der Waals surface area contributed by atoms with Gasteiger partial charge in [0.1, 0.15) is 13.2 Å². The number of unbranched alkanes of at least 4 members (excludes halogenated alkanes) is 28. The van der Waals surface area contributed by atoms with Gasteiger partial charge in [0.2, 0.25) is 0 Å². The molecule has 0 bridgehead atoms. The Kier molecular flexibility index (Phi) is 47.9. The van der Waals surface area contributed by atoms with Crippen molar-refractivity contribution in [2.75, 3.05) is 13.2 Å². The molecule has 0 N–H and O–H groups in total. The van der Waals surface area contributed by atoms with Crippen LogP contribution in [0.1, 0.15) is 265 Å². The molecule has 6 heteroatoms. The Morgan fingerprint density at radius 3 is 1.00 bits per heavy atom. The third-order valence-corrected chi connectivity index (χ3v) is 11.3. The van der Waals surface area contributed by atoms with Crippen LogP contribution in [0, 0.1) is 0 Å². The molecule has 0 aliphatic heterocycles. The van der Waals surface area contributed by atoms with E-state index in [9.17, 15) is 14.4 Å². The molecule has 0 aromatic heterocycles. The van der Waals surface area contributed by atoms with Crippen LogP contribution in [-0.2, 0) is 28.6 Å². The number of hydrogen-bond acceptors (Lipinski definition) is 6. The minimum Gasteiger partial charge on any atom is -0.462 e. The van der Waals surface area contributed by atoms with Gasteiger partial charge in [0.05, 0.1) is 0 Å². The number of ether oxygens (including phenoxy) is 3. The van der Waals surface area contributed by atoms with E-state index in [1.807, 2.05) is 0 Å². The van der Waals surface area contributed by atoms with Gasteiger partial charge in [-0.15, -0.1) is 0 Å². The lowest BCUT2D eigenvalue weighted by molar-refractivity contribution is -0.167. The van der Waals surface area contributed by atoms with Gasteiger partial charge >= 0.3 is 17.9 Å². The molecule has 0 rings (SSSR count). The van der Waals surface area contributed by atoms with Crippen LogP contribution < -0.4 is 0 Å². The first-order valence-corrected chi connectivity index (χ1v) is 26.1. The Morgan fingerprint density at radius 1 is 0.344 bits per heavy atom. The molecule has 0 heterocycles. The predicted octanol–water partition coefficient (Wildman–Crippen LogP) is 17.1. The first-order chi connectivity index (χ1) is 30.0. The van der Waals surface area contributed by atoms with E-state index in [2.05, 4.69) is 69.4 Å². The Bertz CT molecular complexity index is 1070. The molecule has 0 saturated carbocycles. The van der Waals surface area contributed by atoms with E-state index in [-0.39, 0.29) is 37.5 Å². The summed E-state index contributed by atoms with van der Waals surface area (Å²) in [6.07, 6.45) is 59.5. The lowest BCUT2D eigenvalue weighted by Gasteiger charge is -2.18. The summed E-state index contributed by atoms with van der Waals surface area (Å²) >= 11 is 0. The zero-order valence-electron chi connectivity index (χ0n) is 40.4. The third-order valence-electron chi connectivity index (χ3n) is 11.3. The zero-order valence-corrected chi connectivity index (χ0v) is 40.4. The van der Waals surface area contributed by atoms with Gasteiger partial charge in [-0.05, 0) is 57.8 Å². The monoisotopic (exact) mass is 855 g/mol. The van der Waals surface area contributed by atoms with E-state index < -0.39 is 6.10 Å². The van der Waals surface area contributed by atoms with Gasteiger partial charge in [0.15, 0.2) is 6.10 Å². The van der Waals surface area contributed by atoms with Crippen LogP contribution in [0.3, 0.4) is 0 Å². The van der Waals surface area contributed by atoms with E-state index in [0.717, 1.165) is 77.0 Å². The smallest absolute Gasteiger partial charge is 0.306 e. The van der Waals surface area contributed by atoms with E-state index in [4.69, 9.17) is 14.2 Å². The van der Waals surface area contributed by atoms with Crippen LogP contribution in [0.5, 0.6) is 0 Å². The fraction of sp³-hybridized carbons (Fsp3) is 0.800. The highest BCUT2D eigenvalue weighted by Gasteiger charge is 2.19. The average Bonchev–Trinajstić information content (AvgIpc) is 3.26.